The monoisotopic (exact) mass is 413 g/mol. The lowest BCUT2D eigenvalue weighted by Gasteiger charge is -2.10. The number of aromatic nitrogens is 3. The molecular formula is C16H10Cl3N3O4. The maximum atomic E-state index is 12.2. The number of esters is 1. The highest BCUT2D eigenvalue weighted by molar-refractivity contribution is 6.43. The van der Waals surface area contributed by atoms with Crippen LogP contribution in [0.3, 0.4) is 0 Å². The van der Waals surface area contributed by atoms with Crippen molar-refractivity contribution in [3.8, 4) is 5.75 Å². The first-order valence-electron chi connectivity index (χ1n) is 7.21. The van der Waals surface area contributed by atoms with Crippen LogP contribution in [-0.2, 0) is 16.3 Å². The zero-order valence-electron chi connectivity index (χ0n) is 13.0. The first-order valence-corrected chi connectivity index (χ1v) is 8.34. The van der Waals surface area contributed by atoms with Gasteiger partial charge in [-0.3, -0.25) is 4.79 Å². The Hall–Kier alpha value is -2.35. The fraction of sp³-hybridized carbons (Fsp3) is 0.125. The summed E-state index contributed by atoms with van der Waals surface area (Å²) in [5.41, 5.74) is 0.0366. The van der Waals surface area contributed by atoms with Gasteiger partial charge in [0.15, 0.2) is 13.3 Å². The van der Waals surface area contributed by atoms with Crippen molar-refractivity contribution in [2.24, 2.45) is 0 Å². The quantitative estimate of drug-likeness (QED) is 0.470. The second-order valence-electron chi connectivity index (χ2n) is 5.04. The smallest absolute Gasteiger partial charge is 0.345 e. The Balaban J connectivity index is 1.62. The summed E-state index contributed by atoms with van der Waals surface area (Å²) < 4.78 is 11.2. The minimum atomic E-state index is -0.728. The van der Waals surface area contributed by atoms with Crippen molar-refractivity contribution in [1.29, 1.82) is 0 Å². The second kappa shape index (κ2) is 7.90. The predicted molar refractivity (Wildman–Crippen MR) is 96.9 cm³/mol. The van der Waals surface area contributed by atoms with Crippen LogP contribution in [0.4, 0.5) is 0 Å². The average Bonchev–Trinajstić information content (AvgIpc) is 2.63. The molecule has 3 aromatic rings. The molecule has 0 amide bonds. The maximum Gasteiger partial charge on any atom is 0.345 e. The van der Waals surface area contributed by atoms with Crippen LogP contribution >= 0.6 is 34.8 Å². The van der Waals surface area contributed by atoms with E-state index in [1.54, 1.807) is 24.3 Å². The fourth-order valence-corrected chi connectivity index (χ4v) is 2.63. The number of carbonyl (C=O) groups is 1. The van der Waals surface area contributed by atoms with Crippen LogP contribution in [0.1, 0.15) is 0 Å². The Bertz CT molecular complexity index is 1040. The SMILES string of the molecule is O=C(COc1cc(Cl)c(Cl)cc1Cl)OCn1nnc2ccccc2c1=O. The number of hydrogen-bond acceptors (Lipinski definition) is 6. The average molecular weight is 415 g/mol. The summed E-state index contributed by atoms with van der Waals surface area (Å²) in [6, 6.07) is 9.51. The molecule has 0 unspecified atom stereocenters. The molecule has 0 saturated heterocycles. The van der Waals surface area contributed by atoms with E-state index in [1.165, 1.54) is 12.1 Å². The van der Waals surface area contributed by atoms with E-state index >= 15 is 0 Å². The molecule has 1 aromatic heterocycles. The molecule has 2 aromatic carbocycles. The van der Waals surface area contributed by atoms with Crippen molar-refractivity contribution in [3.63, 3.8) is 0 Å². The zero-order valence-corrected chi connectivity index (χ0v) is 15.3. The third kappa shape index (κ3) is 4.07. The van der Waals surface area contributed by atoms with E-state index in [-0.39, 0.29) is 20.8 Å². The Morgan fingerprint density at radius 2 is 1.81 bits per heavy atom. The molecular weight excluding hydrogens is 405 g/mol. The van der Waals surface area contributed by atoms with Crippen LogP contribution in [0.15, 0.2) is 41.2 Å². The van der Waals surface area contributed by atoms with Crippen LogP contribution in [0.2, 0.25) is 15.1 Å². The fourth-order valence-electron chi connectivity index (χ4n) is 2.03. The summed E-state index contributed by atoms with van der Waals surface area (Å²) in [5.74, 6) is -0.547. The molecule has 0 N–H and O–H groups in total. The minimum Gasteiger partial charge on any atom is -0.480 e. The molecule has 7 nitrogen and oxygen atoms in total. The molecule has 0 fully saturated rings. The number of fused-ring (bicyclic) bond motifs is 1. The van der Waals surface area contributed by atoms with Gasteiger partial charge >= 0.3 is 5.97 Å². The Kier molecular flexibility index (Phi) is 5.61. The van der Waals surface area contributed by atoms with Crippen molar-refractivity contribution >= 4 is 51.7 Å². The molecule has 0 saturated carbocycles. The Morgan fingerprint density at radius 3 is 2.62 bits per heavy atom. The molecule has 1 heterocycles. The number of benzene rings is 2. The minimum absolute atomic E-state index is 0.181. The van der Waals surface area contributed by atoms with E-state index in [1.807, 2.05) is 0 Å². The van der Waals surface area contributed by atoms with Crippen molar-refractivity contribution < 1.29 is 14.3 Å². The number of carbonyl (C=O) groups excluding carboxylic acids is 1. The summed E-state index contributed by atoms with van der Waals surface area (Å²) >= 11 is 17.6. The lowest BCUT2D eigenvalue weighted by molar-refractivity contribution is -0.150. The second-order valence-corrected chi connectivity index (χ2v) is 6.26. The maximum absolute atomic E-state index is 12.2. The van der Waals surface area contributed by atoms with Crippen molar-refractivity contribution in [2.75, 3.05) is 6.61 Å². The third-order valence-electron chi connectivity index (χ3n) is 3.30. The predicted octanol–water partition coefficient (Wildman–Crippen LogP) is 3.33. The van der Waals surface area contributed by atoms with Gasteiger partial charge in [0.2, 0.25) is 0 Å². The van der Waals surface area contributed by atoms with Crippen LogP contribution in [-0.4, -0.2) is 27.6 Å². The van der Waals surface area contributed by atoms with Gasteiger partial charge in [-0.05, 0) is 18.2 Å². The van der Waals surface area contributed by atoms with Gasteiger partial charge in [-0.2, -0.15) is 4.68 Å². The van der Waals surface area contributed by atoms with Gasteiger partial charge in [-0.1, -0.05) is 52.1 Å². The molecule has 0 aliphatic heterocycles. The highest BCUT2D eigenvalue weighted by Crippen LogP contribution is 2.33. The molecule has 0 atom stereocenters. The first kappa shape index (κ1) is 18.4. The normalized spacial score (nSPS) is 10.7. The van der Waals surface area contributed by atoms with Gasteiger partial charge < -0.3 is 9.47 Å². The Morgan fingerprint density at radius 1 is 1.08 bits per heavy atom. The van der Waals surface area contributed by atoms with Gasteiger partial charge in [-0.25, -0.2) is 4.79 Å². The van der Waals surface area contributed by atoms with E-state index in [2.05, 4.69) is 10.3 Å². The highest BCUT2D eigenvalue weighted by atomic mass is 35.5. The molecule has 0 aliphatic carbocycles. The van der Waals surface area contributed by atoms with Crippen molar-refractivity contribution in [1.82, 2.24) is 15.0 Å². The summed E-state index contributed by atoms with van der Waals surface area (Å²) in [6.07, 6.45) is 0. The Labute approximate surface area is 162 Å². The molecule has 0 bridgehead atoms. The summed E-state index contributed by atoms with van der Waals surface area (Å²) in [4.78, 5) is 24.0. The van der Waals surface area contributed by atoms with Gasteiger partial charge in [-0.15, -0.1) is 5.10 Å². The van der Waals surface area contributed by atoms with Crippen LogP contribution < -0.4 is 10.3 Å². The first-order chi connectivity index (χ1) is 12.5. The number of nitrogens with zero attached hydrogens (tertiary/aromatic N) is 3. The van der Waals surface area contributed by atoms with Crippen molar-refractivity contribution in [2.45, 2.75) is 6.73 Å². The van der Waals surface area contributed by atoms with E-state index in [9.17, 15) is 9.59 Å². The summed E-state index contributed by atoms with van der Waals surface area (Å²) in [5, 5.41) is 8.67. The van der Waals surface area contributed by atoms with E-state index < -0.39 is 24.9 Å². The number of halogens is 3. The molecule has 3 rings (SSSR count). The van der Waals surface area contributed by atoms with Crippen molar-refractivity contribution in [3.05, 3.63) is 61.8 Å². The topological polar surface area (TPSA) is 83.3 Å². The molecule has 0 spiro atoms. The molecule has 0 aliphatic rings. The largest absolute Gasteiger partial charge is 0.480 e. The van der Waals surface area contributed by atoms with Gasteiger partial charge in [0, 0.05) is 6.07 Å². The lowest BCUT2D eigenvalue weighted by Crippen LogP contribution is -2.27. The molecule has 26 heavy (non-hydrogen) atoms. The van der Waals surface area contributed by atoms with Crippen LogP contribution in [0, 0.1) is 0 Å². The van der Waals surface area contributed by atoms with E-state index in [0.29, 0.717) is 10.9 Å². The number of hydrogen-bond donors (Lipinski definition) is 0. The standard InChI is InChI=1S/C16H10Cl3N3O4/c17-10-5-12(19)14(6-11(10)18)25-7-15(23)26-8-22-16(24)9-3-1-2-4-13(9)20-21-22/h1-6H,7-8H2. The van der Waals surface area contributed by atoms with Gasteiger partial charge in [0.1, 0.15) is 11.3 Å². The van der Waals surface area contributed by atoms with Gasteiger partial charge in [0.05, 0.1) is 20.5 Å². The lowest BCUT2D eigenvalue weighted by atomic mass is 10.2. The molecule has 0 radical (unpaired) electrons. The molecule has 10 heteroatoms. The zero-order chi connectivity index (χ0) is 18.7. The van der Waals surface area contributed by atoms with Crippen LogP contribution in [0.25, 0.3) is 10.9 Å². The van der Waals surface area contributed by atoms with Crippen LogP contribution in [0.5, 0.6) is 5.75 Å². The highest BCUT2D eigenvalue weighted by Gasteiger charge is 2.12. The number of rotatable bonds is 5. The van der Waals surface area contributed by atoms with Gasteiger partial charge in [0.25, 0.3) is 5.56 Å². The number of ether oxygens (including phenoxy) is 2. The molecule has 134 valence electrons. The van der Waals surface area contributed by atoms with E-state index in [4.69, 9.17) is 44.3 Å². The summed E-state index contributed by atoms with van der Waals surface area (Å²) in [7, 11) is 0. The van der Waals surface area contributed by atoms with E-state index in [0.717, 1.165) is 4.68 Å². The third-order valence-corrected chi connectivity index (χ3v) is 4.31. The summed E-state index contributed by atoms with van der Waals surface area (Å²) in [6.45, 7) is -0.832.